The molecule has 3 nitrogen and oxygen atoms in total. The van der Waals surface area contributed by atoms with E-state index in [9.17, 15) is 13.2 Å². The van der Waals surface area contributed by atoms with Gasteiger partial charge in [0.15, 0.2) is 0 Å². The minimum absolute atomic E-state index is 0.196. The maximum atomic E-state index is 12.7. The Hall–Kier alpha value is -2.99. The van der Waals surface area contributed by atoms with Crippen LogP contribution in [0.15, 0.2) is 66.7 Å². The Bertz CT molecular complexity index is 940. The van der Waals surface area contributed by atoms with E-state index in [2.05, 4.69) is 4.74 Å². The van der Waals surface area contributed by atoms with Crippen LogP contribution in [0.2, 0.25) is 0 Å². The zero-order valence-corrected chi connectivity index (χ0v) is 15.3. The van der Waals surface area contributed by atoms with E-state index in [1.54, 1.807) is 24.3 Å². The summed E-state index contributed by atoms with van der Waals surface area (Å²) in [5.41, 5.74) is 9.33. The van der Waals surface area contributed by atoms with Gasteiger partial charge in [0, 0.05) is 17.7 Å². The van der Waals surface area contributed by atoms with E-state index >= 15 is 0 Å². The van der Waals surface area contributed by atoms with E-state index in [0.717, 1.165) is 11.1 Å². The summed E-state index contributed by atoms with van der Waals surface area (Å²) >= 11 is 0. The van der Waals surface area contributed by atoms with Crippen molar-refractivity contribution in [3.63, 3.8) is 0 Å². The SMILES string of the molecule is Cc1cc(-c2ccccc2OC(F)(F)F)cc(CN)c1OCc1ccccc1. The highest BCUT2D eigenvalue weighted by Crippen LogP contribution is 2.37. The molecule has 3 aromatic rings. The Kier molecular flexibility index (Phi) is 5.90. The largest absolute Gasteiger partial charge is 0.573 e. The first-order chi connectivity index (χ1) is 13.4. The van der Waals surface area contributed by atoms with E-state index in [4.69, 9.17) is 10.5 Å². The minimum Gasteiger partial charge on any atom is -0.488 e. The fourth-order valence-electron chi connectivity index (χ4n) is 3.01. The normalized spacial score (nSPS) is 11.3. The molecular formula is C22H20F3NO2. The van der Waals surface area contributed by atoms with Crippen molar-refractivity contribution < 1.29 is 22.6 Å². The number of hydrogen-bond donors (Lipinski definition) is 1. The predicted molar refractivity (Wildman–Crippen MR) is 102 cm³/mol. The number of halogens is 3. The number of aryl methyl sites for hydroxylation is 1. The molecule has 0 aliphatic rings. The lowest BCUT2D eigenvalue weighted by molar-refractivity contribution is -0.274. The average molecular weight is 387 g/mol. The standard InChI is InChI=1S/C22H20F3NO2/c1-15-11-17(19-9-5-6-10-20(19)28-22(23,24)25)12-18(13-26)21(15)27-14-16-7-3-2-4-8-16/h2-12H,13-14,26H2,1H3. The minimum atomic E-state index is -4.76. The van der Waals surface area contributed by atoms with Crippen molar-refractivity contribution in [3.8, 4) is 22.6 Å². The van der Waals surface area contributed by atoms with Crippen LogP contribution in [0, 0.1) is 6.92 Å². The third kappa shape index (κ3) is 4.84. The van der Waals surface area contributed by atoms with E-state index in [0.29, 0.717) is 29.0 Å². The summed E-state index contributed by atoms with van der Waals surface area (Å²) in [5, 5.41) is 0. The van der Waals surface area contributed by atoms with Gasteiger partial charge in [-0.3, -0.25) is 0 Å². The third-order valence-corrected chi connectivity index (χ3v) is 4.22. The van der Waals surface area contributed by atoms with Crippen molar-refractivity contribution in [3.05, 3.63) is 83.4 Å². The van der Waals surface area contributed by atoms with Gasteiger partial charge in [-0.15, -0.1) is 13.2 Å². The maximum absolute atomic E-state index is 12.7. The molecule has 0 spiro atoms. The highest BCUT2D eigenvalue weighted by Gasteiger charge is 2.32. The third-order valence-electron chi connectivity index (χ3n) is 4.22. The van der Waals surface area contributed by atoms with Crippen LogP contribution >= 0.6 is 0 Å². The lowest BCUT2D eigenvalue weighted by atomic mass is 9.98. The summed E-state index contributed by atoms with van der Waals surface area (Å²) in [6.07, 6.45) is -4.76. The number of alkyl halides is 3. The Morgan fingerprint density at radius 3 is 2.29 bits per heavy atom. The van der Waals surface area contributed by atoms with Gasteiger partial charge in [-0.2, -0.15) is 0 Å². The average Bonchev–Trinajstić information content (AvgIpc) is 2.66. The van der Waals surface area contributed by atoms with Crippen molar-refractivity contribution in [2.24, 2.45) is 5.73 Å². The Morgan fingerprint density at radius 2 is 1.61 bits per heavy atom. The molecule has 6 heteroatoms. The molecule has 0 fully saturated rings. The number of rotatable bonds is 6. The van der Waals surface area contributed by atoms with Crippen LogP contribution in [0.3, 0.4) is 0 Å². The van der Waals surface area contributed by atoms with Gasteiger partial charge in [0.2, 0.25) is 0 Å². The molecule has 0 aromatic heterocycles. The number of para-hydroxylation sites is 1. The summed E-state index contributed by atoms with van der Waals surface area (Å²) in [7, 11) is 0. The molecule has 0 aliphatic carbocycles. The topological polar surface area (TPSA) is 44.5 Å². The summed E-state index contributed by atoms with van der Waals surface area (Å²) in [6.45, 7) is 2.42. The molecule has 0 aliphatic heterocycles. The summed E-state index contributed by atoms with van der Waals surface area (Å²) < 4.78 is 48.3. The van der Waals surface area contributed by atoms with Gasteiger partial charge in [-0.25, -0.2) is 0 Å². The second kappa shape index (κ2) is 8.35. The molecule has 0 radical (unpaired) electrons. The van der Waals surface area contributed by atoms with Crippen molar-refractivity contribution in [1.29, 1.82) is 0 Å². The van der Waals surface area contributed by atoms with E-state index in [1.165, 1.54) is 12.1 Å². The van der Waals surface area contributed by atoms with Gasteiger partial charge in [-0.1, -0.05) is 48.5 Å². The summed E-state index contributed by atoms with van der Waals surface area (Å²) in [5.74, 6) is 0.389. The van der Waals surface area contributed by atoms with E-state index in [1.807, 2.05) is 37.3 Å². The molecule has 0 bridgehead atoms. The fraction of sp³-hybridized carbons (Fsp3) is 0.182. The Morgan fingerprint density at radius 1 is 0.929 bits per heavy atom. The van der Waals surface area contributed by atoms with Gasteiger partial charge in [0.05, 0.1) is 0 Å². The van der Waals surface area contributed by atoms with Crippen molar-refractivity contribution in [2.45, 2.75) is 26.4 Å². The molecule has 0 saturated heterocycles. The Balaban J connectivity index is 1.94. The number of benzene rings is 3. The molecule has 2 N–H and O–H groups in total. The maximum Gasteiger partial charge on any atom is 0.573 e. The zero-order chi connectivity index (χ0) is 20.1. The Labute approximate surface area is 161 Å². The molecule has 0 unspecified atom stereocenters. The van der Waals surface area contributed by atoms with Gasteiger partial charge in [0.1, 0.15) is 18.1 Å². The molecule has 0 amide bonds. The first kappa shape index (κ1) is 19.8. The molecule has 0 heterocycles. The number of nitrogens with two attached hydrogens (primary N) is 1. The second-order valence-corrected chi connectivity index (χ2v) is 6.30. The smallest absolute Gasteiger partial charge is 0.488 e. The van der Waals surface area contributed by atoms with Crippen molar-refractivity contribution in [2.75, 3.05) is 0 Å². The van der Waals surface area contributed by atoms with Crippen LogP contribution in [0.4, 0.5) is 13.2 Å². The van der Waals surface area contributed by atoms with Crippen LogP contribution < -0.4 is 15.2 Å². The van der Waals surface area contributed by atoms with Crippen molar-refractivity contribution in [1.82, 2.24) is 0 Å². The number of hydrogen-bond acceptors (Lipinski definition) is 3. The first-order valence-electron chi connectivity index (χ1n) is 8.73. The van der Waals surface area contributed by atoms with Crippen LogP contribution in [0.5, 0.6) is 11.5 Å². The van der Waals surface area contributed by atoms with Crippen LogP contribution in [-0.4, -0.2) is 6.36 Å². The van der Waals surface area contributed by atoms with Crippen LogP contribution in [-0.2, 0) is 13.2 Å². The molecule has 0 saturated carbocycles. The monoisotopic (exact) mass is 387 g/mol. The summed E-state index contributed by atoms with van der Waals surface area (Å²) in [4.78, 5) is 0. The van der Waals surface area contributed by atoms with E-state index < -0.39 is 6.36 Å². The number of ether oxygens (including phenoxy) is 2. The predicted octanol–water partition coefficient (Wildman–Crippen LogP) is 5.60. The van der Waals surface area contributed by atoms with Gasteiger partial charge >= 0.3 is 6.36 Å². The fourth-order valence-corrected chi connectivity index (χ4v) is 3.01. The lowest BCUT2D eigenvalue weighted by Crippen LogP contribution is -2.17. The molecule has 0 atom stereocenters. The second-order valence-electron chi connectivity index (χ2n) is 6.30. The zero-order valence-electron chi connectivity index (χ0n) is 15.3. The van der Waals surface area contributed by atoms with Crippen LogP contribution in [0.25, 0.3) is 11.1 Å². The van der Waals surface area contributed by atoms with Gasteiger partial charge < -0.3 is 15.2 Å². The highest BCUT2D eigenvalue weighted by atomic mass is 19.4. The lowest BCUT2D eigenvalue weighted by Gasteiger charge is -2.18. The molecule has 3 rings (SSSR count). The van der Waals surface area contributed by atoms with Crippen LogP contribution in [0.1, 0.15) is 16.7 Å². The molecule has 28 heavy (non-hydrogen) atoms. The molecule has 3 aromatic carbocycles. The molecular weight excluding hydrogens is 367 g/mol. The first-order valence-corrected chi connectivity index (χ1v) is 8.73. The molecule has 146 valence electrons. The van der Waals surface area contributed by atoms with Gasteiger partial charge in [0.25, 0.3) is 0 Å². The van der Waals surface area contributed by atoms with Crippen molar-refractivity contribution >= 4 is 0 Å². The van der Waals surface area contributed by atoms with Gasteiger partial charge in [-0.05, 0) is 41.8 Å². The highest BCUT2D eigenvalue weighted by molar-refractivity contribution is 5.73. The van der Waals surface area contributed by atoms with E-state index in [-0.39, 0.29) is 12.3 Å². The quantitative estimate of drug-likeness (QED) is 0.599. The summed E-state index contributed by atoms with van der Waals surface area (Å²) in [6, 6.07) is 19.2.